The lowest BCUT2D eigenvalue weighted by molar-refractivity contribution is -0.141. The second-order valence-electron chi connectivity index (χ2n) is 8.37. The molecule has 1 aliphatic rings. The van der Waals surface area contributed by atoms with Crippen molar-refractivity contribution < 1.29 is 18.0 Å². The van der Waals surface area contributed by atoms with Crippen LogP contribution >= 0.6 is 0 Å². The lowest BCUT2D eigenvalue weighted by Crippen LogP contribution is -2.19. The fourth-order valence-corrected chi connectivity index (χ4v) is 4.24. The molecular formula is C23H24F3N3O. The Balaban J connectivity index is 1.75. The maximum absolute atomic E-state index is 13.2. The minimum Gasteiger partial charge on any atom is -0.303 e. The zero-order valence-corrected chi connectivity index (χ0v) is 17.0. The summed E-state index contributed by atoms with van der Waals surface area (Å²) in [5, 5.41) is 5.63. The average Bonchev–Trinajstić information content (AvgIpc) is 3.15. The van der Waals surface area contributed by atoms with Gasteiger partial charge < -0.3 is 4.79 Å². The first-order valence-corrected chi connectivity index (χ1v) is 10.3. The summed E-state index contributed by atoms with van der Waals surface area (Å²) in [6.45, 7) is 4.02. The van der Waals surface area contributed by atoms with Crippen LogP contribution in [0.25, 0.3) is 22.2 Å². The van der Waals surface area contributed by atoms with Gasteiger partial charge in [-0.3, -0.25) is 4.68 Å². The van der Waals surface area contributed by atoms with Crippen LogP contribution in [0, 0.1) is 5.92 Å². The Morgan fingerprint density at radius 1 is 1.13 bits per heavy atom. The number of pyridine rings is 1. The average molecular weight is 415 g/mol. The summed E-state index contributed by atoms with van der Waals surface area (Å²) >= 11 is 0. The van der Waals surface area contributed by atoms with Crippen molar-refractivity contribution in [3.63, 3.8) is 0 Å². The van der Waals surface area contributed by atoms with Gasteiger partial charge in [-0.05, 0) is 61.4 Å². The van der Waals surface area contributed by atoms with Crippen LogP contribution in [0.15, 0.2) is 36.5 Å². The van der Waals surface area contributed by atoms with Gasteiger partial charge in [0.1, 0.15) is 12.0 Å². The molecule has 2 aromatic heterocycles. The Labute approximate surface area is 173 Å². The van der Waals surface area contributed by atoms with E-state index in [1.54, 1.807) is 6.07 Å². The number of carbonyl (C=O) groups is 1. The molecule has 1 fully saturated rings. The third-order valence-electron chi connectivity index (χ3n) is 5.94. The van der Waals surface area contributed by atoms with Crippen LogP contribution in [0.2, 0.25) is 0 Å². The molecule has 158 valence electrons. The molecule has 1 aromatic carbocycles. The van der Waals surface area contributed by atoms with Crippen LogP contribution in [-0.2, 0) is 11.0 Å². The van der Waals surface area contributed by atoms with E-state index in [0.29, 0.717) is 11.3 Å². The summed E-state index contributed by atoms with van der Waals surface area (Å²) in [6.07, 6.45) is 2.04. The fourth-order valence-electron chi connectivity index (χ4n) is 4.24. The Morgan fingerprint density at radius 2 is 1.87 bits per heavy atom. The van der Waals surface area contributed by atoms with E-state index >= 15 is 0 Å². The normalized spacial score (nSPS) is 20.1. The number of alkyl halides is 3. The SMILES string of the molecule is CC(C)c1cc2nn(C3CCC(C=O)CC3)cc2cc1-c1cccc(C(F)(F)F)n1. The molecule has 2 heterocycles. The summed E-state index contributed by atoms with van der Waals surface area (Å²) in [5.41, 5.74) is 1.87. The number of aldehydes is 1. The van der Waals surface area contributed by atoms with Gasteiger partial charge in [0.25, 0.3) is 0 Å². The zero-order chi connectivity index (χ0) is 21.5. The molecule has 1 aliphatic carbocycles. The van der Waals surface area contributed by atoms with Crippen LogP contribution in [-0.4, -0.2) is 21.1 Å². The van der Waals surface area contributed by atoms with E-state index in [0.717, 1.165) is 54.5 Å². The van der Waals surface area contributed by atoms with Crippen molar-refractivity contribution in [1.29, 1.82) is 0 Å². The van der Waals surface area contributed by atoms with Gasteiger partial charge in [0.2, 0.25) is 0 Å². The van der Waals surface area contributed by atoms with E-state index in [2.05, 4.69) is 4.98 Å². The van der Waals surface area contributed by atoms with Crippen molar-refractivity contribution in [3.05, 3.63) is 47.8 Å². The maximum atomic E-state index is 13.2. The monoisotopic (exact) mass is 415 g/mol. The number of halogens is 3. The third kappa shape index (κ3) is 3.98. The summed E-state index contributed by atoms with van der Waals surface area (Å²) in [4.78, 5) is 14.9. The summed E-state index contributed by atoms with van der Waals surface area (Å²) < 4.78 is 41.4. The highest BCUT2D eigenvalue weighted by Gasteiger charge is 2.32. The Morgan fingerprint density at radius 3 is 2.50 bits per heavy atom. The van der Waals surface area contributed by atoms with E-state index in [-0.39, 0.29) is 17.9 Å². The van der Waals surface area contributed by atoms with Gasteiger partial charge in [-0.25, -0.2) is 4.98 Å². The number of carbonyl (C=O) groups excluding carboxylic acids is 1. The molecule has 7 heteroatoms. The van der Waals surface area contributed by atoms with E-state index in [1.807, 2.05) is 36.9 Å². The van der Waals surface area contributed by atoms with Gasteiger partial charge in [0.15, 0.2) is 0 Å². The quantitative estimate of drug-likeness (QED) is 0.479. The highest BCUT2D eigenvalue weighted by Crippen LogP contribution is 2.36. The molecule has 0 N–H and O–H groups in total. The van der Waals surface area contributed by atoms with E-state index in [4.69, 9.17) is 5.10 Å². The molecule has 1 saturated carbocycles. The van der Waals surface area contributed by atoms with Crippen LogP contribution in [0.4, 0.5) is 13.2 Å². The zero-order valence-electron chi connectivity index (χ0n) is 17.0. The first-order valence-electron chi connectivity index (χ1n) is 10.3. The molecule has 0 bridgehead atoms. The third-order valence-corrected chi connectivity index (χ3v) is 5.94. The van der Waals surface area contributed by atoms with Gasteiger partial charge in [-0.2, -0.15) is 18.3 Å². The molecule has 0 aliphatic heterocycles. The second kappa shape index (κ2) is 7.85. The summed E-state index contributed by atoms with van der Waals surface area (Å²) in [7, 11) is 0. The van der Waals surface area contributed by atoms with E-state index in [9.17, 15) is 18.0 Å². The Bertz CT molecular complexity index is 1060. The molecule has 0 atom stereocenters. The summed E-state index contributed by atoms with van der Waals surface area (Å²) in [5.74, 6) is 0.242. The highest BCUT2D eigenvalue weighted by molar-refractivity contribution is 5.86. The number of fused-ring (bicyclic) bond motifs is 1. The number of nitrogens with zero attached hydrogens (tertiary/aromatic N) is 3. The molecule has 0 saturated heterocycles. The molecule has 4 nitrogen and oxygen atoms in total. The molecule has 0 spiro atoms. The van der Waals surface area contributed by atoms with Gasteiger partial charge in [-0.15, -0.1) is 0 Å². The predicted molar refractivity (Wildman–Crippen MR) is 109 cm³/mol. The summed E-state index contributed by atoms with van der Waals surface area (Å²) in [6, 6.07) is 8.11. The minimum absolute atomic E-state index is 0.105. The van der Waals surface area contributed by atoms with Crippen molar-refractivity contribution in [1.82, 2.24) is 14.8 Å². The molecule has 3 aromatic rings. The largest absolute Gasteiger partial charge is 0.433 e. The van der Waals surface area contributed by atoms with Crippen molar-refractivity contribution in [2.75, 3.05) is 0 Å². The van der Waals surface area contributed by atoms with Crippen molar-refractivity contribution >= 4 is 17.2 Å². The number of hydrogen-bond donors (Lipinski definition) is 0. The number of aromatic nitrogens is 3. The molecule has 4 rings (SSSR count). The Kier molecular flexibility index (Phi) is 5.38. The van der Waals surface area contributed by atoms with Gasteiger partial charge in [0, 0.05) is 23.1 Å². The van der Waals surface area contributed by atoms with Crippen molar-refractivity contribution in [2.45, 2.75) is 57.7 Å². The fraction of sp³-hybridized carbons (Fsp3) is 0.435. The first-order chi connectivity index (χ1) is 14.3. The van der Waals surface area contributed by atoms with Crippen molar-refractivity contribution in [2.24, 2.45) is 5.92 Å². The molecular weight excluding hydrogens is 391 g/mol. The van der Waals surface area contributed by atoms with Crippen LogP contribution in [0.1, 0.15) is 62.7 Å². The number of benzene rings is 1. The van der Waals surface area contributed by atoms with E-state index < -0.39 is 11.9 Å². The van der Waals surface area contributed by atoms with Crippen LogP contribution < -0.4 is 0 Å². The lowest BCUT2D eigenvalue weighted by Gasteiger charge is -2.25. The lowest BCUT2D eigenvalue weighted by atomic mass is 9.87. The van der Waals surface area contributed by atoms with Gasteiger partial charge in [0.05, 0.1) is 17.3 Å². The predicted octanol–water partition coefficient (Wildman–Crippen LogP) is 6.17. The van der Waals surface area contributed by atoms with E-state index in [1.165, 1.54) is 6.07 Å². The molecule has 30 heavy (non-hydrogen) atoms. The molecule has 0 radical (unpaired) electrons. The van der Waals surface area contributed by atoms with Crippen molar-refractivity contribution in [3.8, 4) is 11.3 Å². The van der Waals surface area contributed by atoms with Gasteiger partial charge >= 0.3 is 6.18 Å². The molecule has 0 amide bonds. The topological polar surface area (TPSA) is 47.8 Å². The van der Waals surface area contributed by atoms with Gasteiger partial charge in [-0.1, -0.05) is 19.9 Å². The molecule has 0 unspecified atom stereocenters. The minimum atomic E-state index is -4.48. The Hall–Kier alpha value is -2.70. The van der Waals surface area contributed by atoms with Crippen LogP contribution in [0.5, 0.6) is 0 Å². The maximum Gasteiger partial charge on any atom is 0.433 e. The standard InChI is InChI=1S/C23H24F3N3O/c1-14(2)18-11-21-16(12-29(28-21)17-8-6-15(13-30)7-9-17)10-19(18)20-4-3-5-22(27-20)23(24,25)26/h3-5,10-15,17H,6-9H2,1-2H3. The smallest absolute Gasteiger partial charge is 0.303 e. The second-order valence-corrected chi connectivity index (χ2v) is 8.37. The number of hydrogen-bond acceptors (Lipinski definition) is 3. The highest BCUT2D eigenvalue weighted by atomic mass is 19.4. The number of rotatable bonds is 4. The first kappa shape index (κ1) is 20.6. The van der Waals surface area contributed by atoms with Crippen LogP contribution in [0.3, 0.4) is 0 Å².